The van der Waals surface area contributed by atoms with Gasteiger partial charge in [0.25, 0.3) is 0 Å². The lowest BCUT2D eigenvalue weighted by Crippen LogP contribution is -2.25. The fourth-order valence-electron chi connectivity index (χ4n) is 1.12. The fourth-order valence-corrected chi connectivity index (χ4v) is 1.12. The van der Waals surface area contributed by atoms with E-state index in [1.807, 2.05) is 27.7 Å². The highest BCUT2D eigenvalue weighted by Crippen LogP contribution is 2.14. The van der Waals surface area contributed by atoms with Crippen molar-refractivity contribution in [3.8, 4) is 0 Å². The van der Waals surface area contributed by atoms with Crippen LogP contribution in [0, 0.1) is 0 Å². The zero-order chi connectivity index (χ0) is 9.40. The van der Waals surface area contributed by atoms with Crippen molar-refractivity contribution in [2.24, 2.45) is 0 Å². The van der Waals surface area contributed by atoms with Gasteiger partial charge >= 0.3 is 0 Å². The minimum absolute atomic E-state index is 0.0775. The van der Waals surface area contributed by atoms with Crippen molar-refractivity contribution in [3.05, 3.63) is 0 Å². The molecule has 0 N–H and O–H groups in total. The Labute approximate surface area is 76.3 Å². The summed E-state index contributed by atoms with van der Waals surface area (Å²) >= 11 is 0. The summed E-state index contributed by atoms with van der Waals surface area (Å²) in [4.78, 5) is 0. The molecule has 1 aliphatic heterocycles. The molecule has 0 radical (unpaired) electrons. The molecular weight excluding hydrogens is 152 g/mol. The van der Waals surface area contributed by atoms with Crippen molar-refractivity contribution in [3.63, 3.8) is 0 Å². The zero-order valence-corrected chi connectivity index (χ0v) is 8.80. The quantitative estimate of drug-likeness (QED) is 0.640. The van der Waals surface area contributed by atoms with E-state index in [0.717, 1.165) is 13.0 Å². The Hall–Kier alpha value is -0.0800. The molecule has 1 atom stereocenters. The van der Waals surface area contributed by atoms with Crippen LogP contribution in [-0.2, 0) is 9.47 Å². The smallest absolute Gasteiger partial charge is 0.157 e. The number of hydrogen-bond donors (Lipinski definition) is 0. The Bertz CT molecular complexity index is 85.8. The van der Waals surface area contributed by atoms with Gasteiger partial charge in [-0.1, -0.05) is 13.8 Å². The van der Waals surface area contributed by atoms with Crippen molar-refractivity contribution in [1.82, 2.24) is 0 Å². The predicted molar refractivity (Wildman–Crippen MR) is 51.2 cm³/mol. The van der Waals surface area contributed by atoms with Crippen LogP contribution < -0.4 is 0 Å². The van der Waals surface area contributed by atoms with Crippen molar-refractivity contribution >= 4 is 0 Å². The third-order valence-corrected chi connectivity index (χ3v) is 1.56. The maximum absolute atomic E-state index is 5.47. The number of ether oxygens (including phenoxy) is 2. The lowest BCUT2D eigenvalue weighted by atomic mass is 10.2. The van der Waals surface area contributed by atoms with E-state index in [2.05, 4.69) is 0 Å². The van der Waals surface area contributed by atoms with Crippen molar-refractivity contribution < 1.29 is 9.47 Å². The highest BCUT2D eigenvalue weighted by atomic mass is 16.7. The Morgan fingerprint density at radius 1 is 1.25 bits per heavy atom. The van der Waals surface area contributed by atoms with Crippen LogP contribution in [0.25, 0.3) is 0 Å². The monoisotopic (exact) mass is 174 g/mol. The SMILES string of the molecule is CC.CC(C)OC1CCCCO1. The molecule has 2 heteroatoms. The van der Waals surface area contributed by atoms with Gasteiger partial charge < -0.3 is 9.47 Å². The predicted octanol–water partition coefficient (Wildman–Crippen LogP) is 2.96. The van der Waals surface area contributed by atoms with Gasteiger partial charge in [-0.05, 0) is 33.1 Å². The second-order valence-corrected chi connectivity index (χ2v) is 2.98. The van der Waals surface area contributed by atoms with E-state index in [1.165, 1.54) is 12.8 Å². The summed E-state index contributed by atoms with van der Waals surface area (Å²) in [6, 6.07) is 0. The van der Waals surface area contributed by atoms with Crippen LogP contribution in [-0.4, -0.2) is 19.0 Å². The Balaban J connectivity index is 0.000000561. The summed E-state index contributed by atoms with van der Waals surface area (Å²) in [6.07, 6.45) is 3.88. The molecule has 1 aliphatic rings. The van der Waals surface area contributed by atoms with Crippen LogP contribution in [0.15, 0.2) is 0 Å². The van der Waals surface area contributed by atoms with E-state index in [1.54, 1.807) is 0 Å². The minimum Gasteiger partial charge on any atom is -0.353 e. The molecule has 0 amide bonds. The first-order chi connectivity index (χ1) is 5.79. The molecule has 0 aromatic rings. The molecule has 12 heavy (non-hydrogen) atoms. The summed E-state index contributed by atoms with van der Waals surface area (Å²) in [5, 5.41) is 0. The number of hydrogen-bond acceptors (Lipinski definition) is 2. The van der Waals surface area contributed by atoms with Crippen LogP contribution in [0.1, 0.15) is 47.0 Å². The summed E-state index contributed by atoms with van der Waals surface area (Å²) in [6.45, 7) is 8.95. The molecule has 1 heterocycles. The third-order valence-electron chi connectivity index (χ3n) is 1.56. The van der Waals surface area contributed by atoms with Gasteiger partial charge in [-0.3, -0.25) is 0 Å². The molecule has 1 rings (SSSR count). The van der Waals surface area contributed by atoms with Crippen molar-refractivity contribution in [2.75, 3.05) is 6.61 Å². The van der Waals surface area contributed by atoms with Gasteiger partial charge in [0.2, 0.25) is 0 Å². The van der Waals surface area contributed by atoms with E-state index in [0.29, 0.717) is 6.10 Å². The lowest BCUT2D eigenvalue weighted by molar-refractivity contribution is -0.180. The van der Waals surface area contributed by atoms with E-state index >= 15 is 0 Å². The standard InChI is InChI=1S/C8H16O2.C2H6/c1-7(2)10-8-5-3-4-6-9-8;1-2/h7-8H,3-6H2,1-2H3;1-2H3. The molecule has 1 fully saturated rings. The van der Waals surface area contributed by atoms with Gasteiger partial charge in [0, 0.05) is 6.61 Å². The second-order valence-electron chi connectivity index (χ2n) is 2.98. The van der Waals surface area contributed by atoms with Gasteiger partial charge in [0.15, 0.2) is 6.29 Å². The third kappa shape index (κ3) is 5.56. The normalized spacial score (nSPS) is 23.2. The number of rotatable bonds is 2. The summed E-state index contributed by atoms with van der Waals surface area (Å²) < 4.78 is 10.8. The molecular formula is C10H22O2. The Morgan fingerprint density at radius 2 is 1.92 bits per heavy atom. The lowest BCUT2D eigenvalue weighted by Gasteiger charge is -2.24. The first-order valence-corrected chi connectivity index (χ1v) is 5.06. The highest BCUT2D eigenvalue weighted by molar-refractivity contribution is 4.54. The largest absolute Gasteiger partial charge is 0.353 e. The highest BCUT2D eigenvalue weighted by Gasteiger charge is 2.14. The second kappa shape index (κ2) is 7.56. The molecule has 2 nitrogen and oxygen atoms in total. The molecule has 0 saturated carbocycles. The molecule has 0 aromatic carbocycles. The van der Waals surface area contributed by atoms with Crippen LogP contribution in [0.5, 0.6) is 0 Å². The molecule has 0 spiro atoms. The van der Waals surface area contributed by atoms with Gasteiger partial charge in [0.05, 0.1) is 6.10 Å². The van der Waals surface area contributed by atoms with Crippen LogP contribution in [0.2, 0.25) is 0 Å². The van der Waals surface area contributed by atoms with Crippen molar-refractivity contribution in [1.29, 1.82) is 0 Å². The van der Waals surface area contributed by atoms with E-state index in [9.17, 15) is 0 Å². The van der Waals surface area contributed by atoms with Crippen LogP contribution >= 0.6 is 0 Å². The van der Waals surface area contributed by atoms with Crippen molar-refractivity contribution in [2.45, 2.75) is 59.4 Å². The molecule has 0 aliphatic carbocycles. The molecule has 0 bridgehead atoms. The topological polar surface area (TPSA) is 18.5 Å². The van der Waals surface area contributed by atoms with E-state index < -0.39 is 0 Å². The Kier molecular flexibility index (Phi) is 7.51. The van der Waals surface area contributed by atoms with Gasteiger partial charge in [-0.2, -0.15) is 0 Å². The summed E-state index contributed by atoms with van der Waals surface area (Å²) in [5.74, 6) is 0. The Morgan fingerprint density at radius 3 is 2.33 bits per heavy atom. The maximum Gasteiger partial charge on any atom is 0.157 e. The van der Waals surface area contributed by atoms with E-state index in [4.69, 9.17) is 9.47 Å². The summed E-state index contributed by atoms with van der Waals surface area (Å²) in [7, 11) is 0. The molecule has 0 aromatic heterocycles. The zero-order valence-electron chi connectivity index (χ0n) is 8.80. The van der Waals surface area contributed by atoms with Crippen LogP contribution in [0.4, 0.5) is 0 Å². The first-order valence-electron chi connectivity index (χ1n) is 5.06. The van der Waals surface area contributed by atoms with Gasteiger partial charge in [0.1, 0.15) is 0 Å². The van der Waals surface area contributed by atoms with E-state index in [-0.39, 0.29) is 6.29 Å². The maximum atomic E-state index is 5.47. The first kappa shape index (κ1) is 11.9. The molecule has 1 saturated heterocycles. The molecule has 1 unspecified atom stereocenters. The fraction of sp³-hybridized carbons (Fsp3) is 1.00. The van der Waals surface area contributed by atoms with Crippen LogP contribution in [0.3, 0.4) is 0 Å². The van der Waals surface area contributed by atoms with Gasteiger partial charge in [-0.15, -0.1) is 0 Å². The van der Waals surface area contributed by atoms with Gasteiger partial charge in [-0.25, -0.2) is 0 Å². The average Bonchev–Trinajstić information content (AvgIpc) is 2.08. The average molecular weight is 174 g/mol. The molecule has 74 valence electrons. The minimum atomic E-state index is 0.0775. The summed E-state index contributed by atoms with van der Waals surface area (Å²) in [5.41, 5.74) is 0.